The van der Waals surface area contributed by atoms with Gasteiger partial charge in [0.05, 0.1) is 10.7 Å². The number of hydrogen-bond donors (Lipinski definition) is 0. The molecule has 1 aromatic heterocycles. The highest BCUT2D eigenvalue weighted by Gasteiger charge is 2.33. The summed E-state index contributed by atoms with van der Waals surface area (Å²) < 4.78 is 56.7. The Morgan fingerprint density at radius 1 is 1.44 bits per heavy atom. The van der Waals surface area contributed by atoms with E-state index in [-0.39, 0.29) is 15.0 Å². The maximum atomic E-state index is 12.5. The number of methoxy groups -OCH3 is 1. The Bertz CT molecular complexity index is 383. The lowest BCUT2D eigenvalue weighted by molar-refractivity contribution is -0.276. The van der Waals surface area contributed by atoms with Crippen LogP contribution in [0.3, 0.4) is 0 Å². The molecule has 0 fully saturated rings. The van der Waals surface area contributed by atoms with Gasteiger partial charge in [0.15, 0.2) is 0 Å². The molecule has 0 unspecified atom stereocenters. The highest BCUT2D eigenvalue weighted by atomic mass is 127. The fraction of sp³-hybridized carbons (Fsp3) is 0.375. The van der Waals surface area contributed by atoms with Crippen LogP contribution in [-0.4, -0.2) is 18.5 Å². The zero-order chi connectivity index (χ0) is 12.3. The van der Waals surface area contributed by atoms with Gasteiger partial charge in [0.25, 0.3) is 0 Å². The fourth-order valence-electron chi connectivity index (χ4n) is 0.910. The maximum Gasteiger partial charge on any atom is 0.574 e. The monoisotopic (exact) mass is 351 g/mol. The summed E-state index contributed by atoms with van der Waals surface area (Å²) in [5.41, 5.74) is 0.0340. The van der Waals surface area contributed by atoms with Crippen LogP contribution in [0.5, 0.6) is 11.8 Å². The quantitative estimate of drug-likeness (QED) is 0.620. The van der Waals surface area contributed by atoms with Crippen LogP contribution in [0.15, 0.2) is 6.07 Å². The molecule has 0 aliphatic heterocycles. The second-order valence-corrected chi connectivity index (χ2v) is 3.70. The van der Waals surface area contributed by atoms with Crippen molar-refractivity contribution in [1.29, 1.82) is 0 Å². The van der Waals surface area contributed by atoms with Gasteiger partial charge in [-0.2, -0.15) is 4.98 Å². The molecule has 3 nitrogen and oxygen atoms in total. The van der Waals surface area contributed by atoms with Crippen LogP contribution in [0.1, 0.15) is 5.56 Å². The van der Waals surface area contributed by atoms with E-state index >= 15 is 0 Å². The minimum Gasteiger partial charge on any atom is -0.481 e. The molecule has 0 spiro atoms. The van der Waals surface area contributed by atoms with E-state index < -0.39 is 18.9 Å². The molecule has 0 saturated carbocycles. The lowest BCUT2D eigenvalue weighted by Crippen LogP contribution is -2.19. The second-order valence-electron chi connectivity index (χ2n) is 2.62. The summed E-state index contributed by atoms with van der Waals surface area (Å²) in [5.74, 6) is -0.840. The molecular formula is C8H6F4INO2. The molecule has 1 aromatic rings. The Morgan fingerprint density at radius 2 is 2.06 bits per heavy atom. The first-order valence-corrected chi connectivity index (χ1v) is 5.00. The van der Waals surface area contributed by atoms with Gasteiger partial charge in [-0.25, -0.2) is 4.39 Å². The molecular weight excluding hydrogens is 345 g/mol. The summed E-state index contributed by atoms with van der Waals surface area (Å²) in [6, 6.07) is 1.21. The van der Waals surface area contributed by atoms with Crippen LogP contribution in [0, 0.1) is 3.57 Å². The van der Waals surface area contributed by atoms with Gasteiger partial charge in [-0.1, -0.05) is 0 Å². The van der Waals surface area contributed by atoms with Crippen LogP contribution < -0.4 is 9.47 Å². The molecule has 90 valence electrons. The first-order chi connectivity index (χ1) is 7.37. The third-order valence-electron chi connectivity index (χ3n) is 1.54. The van der Waals surface area contributed by atoms with E-state index in [4.69, 9.17) is 0 Å². The third kappa shape index (κ3) is 3.35. The van der Waals surface area contributed by atoms with Gasteiger partial charge < -0.3 is 9.47 Å². The molecule has 0 bridgehead atoms. The topological polar surface area (TPSA) is 31.4 Å². The highest BCUT2D eigenvalue weighted by molar-refractivity contribution is 14.1. The van der Waals surface area contributed by atoms with Crippen molar-refractivity contribution in [2.75, 3.05) is 7.11 Å². The molecule has 0 amide bonds. The van der Waals surface area contributed by atoms with Crippen molar-refractivity contribution < 1.29 is 27.0 Å². The van der Waals surface area contributed by atoms with Crippen LogP contribution >= 0.6 is 22.6 Å². The average molecular weight is 351 g/mol. The summed E-state index contributed by atoms with van der Waals surface area (Å²) in [6.45, 7) is -0.925. The maximum absolute atomic E-state index is 12.5. The Labute approximate surface area is 102 Å². The van der Waals surface area contributed by atoms with Crippen molar-refractivity contribution in [1.82, 2.24) is 4.98 Å². The number of hydrogen-bond acceptors (Lipinski definition) is 3. The lowest BCUT2D eigenvalue weighted by Gasteiger charge is -2.12. The van der Waals surface area contributed by atoms with E-state index in [0.29, 0.717) is 0 Å². The summed E-state index contributed by atoms with van der Waals surface area (Å²) in [7, 11) is 1.22. The van der Waals surface area contributed by atoms with E-state index in [1.54, 1.807) is 0 Å². The molecule has 0 radical (unpaired) electrons. The normalized spacial score (nSPS) is 11.4. The molecule has 8 heteroatoms. The van der Waals surface area contributed by atoms with E-state index in [0.717, 1.165) is 0 Å². The Kier molecular flexibility index (Phi) is 4.16. The van der Waals surface area contributed by atoms with Gasteiger partial charge in [-0.15, -0.1) is 13.2 Å². The van der Waals surface area contributed by atoms with Gasteiger partial charge >= 0.3 is 6.36 Å². The molecule has 1 rings (SSSR count). The van der Waals surface area contributed by atoms with Gasteiger partial charge in [-0.05, 0) is 22.6 Å². The number of rotatable bonds is 3. The van der Waals surface area contributed by atoms with Crippen molar-refractivity contribution in [3.8, 4) is 11.8 Å². The SMILES string of the molecule is COc1cc(CF)c(I)c(OC(F)(F)F)n1. The van der Waals surface area contributed by atoms with Crippen LogP contribution in [0.4, 0.5) is 17.6 Å². The first kappa shape index (κ1) is 13.3. The fourth-order valence-corrected chi connectivity index (χ4v) is 1.44. The van der Waals surface area contributed by atoms with Crippen LogP contribution in [-0.2, 0) is 6.67 Å². The molecule has 0 atom stereocenters. The van der Waals surface area contributed by atoms with Crippen molar-refractivity contribution in [2.45, 2.75) is 13.0 Å². The van der Waals surface area contributed by atoms with Gasteiger partial charge in [-0.3, -0.25) is 0 Å². The zero-order valence-corrected chi connectivity index (χ0v) is 10.1. The van der Waals surface area contributed by atoms with Crippen molar-refractivity contribution in [3.05, 3.63) is 15.2 Å². The largest absolute Gasteiger partial charge is 0.574 e. The van der Waals surface area contributed by atoms with E-state index in [1.807, 2.05) is 0 Å². The van der Waals surface area contributed by atoms with E-state index in [2.05, 4.69) is 14.5 Å². The smallest absolute Gasteiger partial charge is 0.481 e. The van der Waals surface area contributed by atoms with Crippen LogP contribution in [0.2, 0.25) is 0 Å². The van der Waals surface area contributed by atoms with E-state index in [9.17, 15) is 17.6 Å². The number of alkyl halides is 4. The molecule has 0 N–H and O–H groups in total. The number of halogens is 5. The molecule has 0 saturated heterocycles. The molecule has 0 aromatic carbocycles. The third-order valence-corrected chi connectivity index (χ3v) is 2.70. The Hall–Kier alpha value is -0.800. The summed E-state index contributed by atoms with van der Waals surface area (Å²) in [6.07, 6.45) is -4.87. The Morgan fingerprint density at radius 3 is 2.50 bits per heavy atom. The molecule has 0 aliphatic rings. The van der Waals surface area contributed by atoms with Gasteiger partial charge in [0.1, 0.15) is 6.67 Å². The van der Waals surface area contributed by atoms with Crippen molar-refractivity contribution >= 4 is 22.6 Å². The first-order valence-electron chi connectivity index (χ1n) is 3.92. The van der Waals surface area contributed by atoms with Gasteiger partial charge in [0.2, 0.25) is 11.8 Å². The lowest BCUT2D eigenvalue weighted by atomic mass is 10.3. The van der Waals surface area contributed by atoms with Crippen molar-refractivity contribution in [2.24, 2.45) is 0 Å². The minimum absolute atomic E-state index is 0.0294. The van der Waals surface area contributed by atoms with Gasteiger partial charge in [0, 0.05) is 11.6 Å². The number of ether oxygens (including phenoxy) is 2. The average Bonchev–Trinajstić information content (AvgIpc) is 2.19. The second kappa shape index (κ2) is 5.02. The molecule has 16 heavy (non-hydrogen) atoms. The summed E-state index contributed by atoms with van der Waals surface area (Å²) in [4.78, 5) is 3.45. The molecule has 1 heterocycles. The Balaban J connectivity index is 3.16. The van der Waals surface area contributed by atoms with E-state index in [1.165, 1.54) is 35.8 Å². The molecule has 0 aliphatic carbocycles. The standard InChI is InChI=1S/C8H6F4INO2/c1-15-5-2-4(3-9)6(13)7(14-5)16-8(10,11)12/h2H,3H2,1H3. The number of nitrogens with zero attached hydrogens (tertiary/aromatic N) is 1. The summed E-state index contributed by atoms with van der Waals surface area (Å²) >= 11 is 1.53. The summed E-state index contributed by atoms with van der Waals surface area (Å²) in [5, 5.41) is 0. The van der Waals surface area contributed by atoms with Crippen LogP contribution in [0.25, 0.3) is 0 Å². The predicted molar refractivity (Wildman–Crippen MR) is 55.0 cm³/mol. The minimum atomic E-state index is -4.87. The zero-order valence-electron chi connectivity index (χ0n) is 7.94. The predicted octanol–water partition coefficient (Wildman–Crippen LogP) is 3.06. The highest BCUT2D eigenvalue weighted by Crippen LogP contribution is 2.31. The van der Waals surface area contributed by atoms with Crippen molar-refractivity contribution in [3.63, 3.8) is 0 Å². The number of pyridine rings is 1. The number of aromatic nitrogens is 1.